The lowest BCUT2D eigenvalue weighted by Gasteiger charge is -2.13. The maximum Gasteiger partial charge on any atom is 0.336 e. The van der Waals surface area contributed by atoms with Gasteiger partial charge < -0.3 is 9.84 Å². The fourth-order valence-electron chi connectivity index (χ4n) is 2.81. The van der Waals surface area contributed by atoms with Gasteiger partial charge in [-0.1, -0.05) is 12.1 Å². The lowest BCUT2D eigenvalue weighted by molar-refractivity contribution is 0.0699. The molecule has 2 aromatic carbocycles. The summed E-state index contributed by atoms with van der Waals surface area (Å²) in [4.78, 5) is 16.4. The van der Waals surface area contributed by atoms with Crippen LogP contribution < -0.4 is 4.74 Å². The molecular formula is C20H20N2O5S. The molecule has 0 saturated carbocycles. The minimum atomic E-state index is -3.69. The summed E-state index contributed by atoms with van der Waals surface area (Å²) in [5.41, 5.74) is 1.56. The molecule has 0 atom stereocenters. The Morgan fingerprint density at radius 3 is 2.54 bits per heavy atom. The Kier molecular flexibility index (Phi) is 5.35. The third kappa shape index (κ3) is 3.69. The van der Waals surface area contributed by atoms with Crippen LogP contribution in [0.15, 0.2) is 53.4 Å². The maximum absolute atomic E-state index is 12.4. The van der Waals surface area contributed by atoms with E-state index < -0.39 is 16.0 Å². The highest BCUT2D eigenvalue weighted by Crippen LogP contribution is 2.29. The van der Waals surface area contributed by atoms with E-state index in [4.69, 9.17) is 4.74 Å². The normalized spacial score (nSPS) is 11.7. The SMILES string of the molecule is CCOc1cccc(-c2cc(C(=O)O)c3cc(S(=O)(=O)N(C)C)ccc3n2)c1. The van der Waals surface area contributed by atoms with Gasteiger partial charge in [0.2, 0.25) is 10.0 Å². The number of carboxylic acids is 1. The zero-order valence-electron chi connectivity index (χ0n) is 15.7. The van der Waals surface area contributed by atoms with Crippen molar-refractivity contribution in [2.75, 3.05) is 20.7 Å². The average molecular weight is 400 g/mol. The van der Waals surface area contributed by atoms with Gasteiger partial charge in [0.1, 0.15) is 5.75 Å². The Balaban J connectivity index is 2.22. The molecule has 1 aromatic heterocycles. The molecule has 0 aliphatic heterocycles. The highest BCUT2D eigenvalue weighted by Gasteiger charge is 2.20. The van der Waals surface area contributed by atoms with Crippen LogP contribution >= 0.6 is 0 Å². The predicted molar refractivity (Wildman–Crippen MR) is 106 cm³/mol. The lowest BCUT2D eigenvalue weighted by Crippen LogP contribution is -2.22. The van der Waals surface area contributed by atoms with Crippen LogP contribution in [0.5, 0.6) is 5.75 Å². The third-order valence-electron chi connectivity index (χ3n) is 4.23. The second kappa shape index (κ2) is 7.57. The molecule has 0 spiro atoms. The van der Waals surface area contributed by atoms with E-state index in [-0.39, 0.29) is 15.8 Å². The number of rotatable bonds is 6. The third-order valence-corrected chi connectivity index (χ3v) is 6.04. The standard InChI is InChI=1S/C20H20N2O5S/c1-4-27-14-7-5-6-13(10-14)19-12-17(20(23)24)16-11-15(8-9-18(16)21-19)28(25,26)22(2)3/h5-12H,4H2,1-3H3,(H,23,24). The van der Waals surface area contributed by atoms with Crippen molar-refractivity contribution in [2.45, 2.75) is 11.8 Å². The number of hydrogen-bond donors (Lipinski definition) is 1. The molecule has 0 bridgehead atoms. The van der Waals surface area contributed by atoms with Crippen molar-refractivity contribution in [2.24, 2.45) is 0 Å². The number of hydrogen-bond acceptors (Lipinski definition) is 5. The van der Waals surface area contributed by atoms with Gasteiger partial charge in [0.25, 0.3) is 0 Å². The fourth-order valence-corrected chi connectivity index (χ4v) is 3.74. The zero-order valence-corrected chi connectivity index (χ0v) is 16.5. The van der Waals surface area contributed by atoms with Crippen molar-refractivity contribution in [3.63, 3.8) is 0 Å². The van der Waals surface area contributed by atoms with Crippen LogP contribution in [0.25, 0.3) is 22.2 Å². The molecule has 8 heteroatoms. The molecule has 3 aromatic rings. The van der Waals surface area contributed by atoms with Crippen LogP contribution in [-0.4, -0.2) is 49.5 Å². The van der Waals surface area contributed by atoms with Crippen molar-refractivity contribution in [1.29, 1.82) is 0 Å². The first-order valence-corrected chi connectivity index (χ1v) is 10.0. The lowest BCUT2D eigenvalue weighted by atomic mass is 10.0. The Bertz CT molecular complexity index is 1160. The molecule has 0 saturated heterocycles. The first-order valence-electron chi connectivity index (χ1n) is 8.58. The predicted octanol–water partition coefficient (Wildman–Crippen LogP) is 3.25. The highest BCUT2D eigenvalue weighted by atomic mass is 32.2. The number of aromatic carboxylic acids is 1. The van der Waals surface area contributed by atoms with Gasteiger partial charge in [-0.15, -0.1) is 0 Å². The second-order valence-corrected chi connectivity index (χ2v) is 8.44. The number of carbonyl (C=O) groups is 1. The van der Waals surface area contributed by atoms with Crippen molar-refractivity contribution in [3.05, 3.63) is 54.1 Å². The second-order valence-electron chi connectivity index (χ2n) is 6.29. The number of nitrogens with zero attached hydrogens (tertiary/aromatic N) is 2. The van der Waals surface area contributed by atoms with Gasteiger partial charge >= 0.3 is 5.97 Å². The summed E-state index contributed by atoms with van der Waals surface area (Å²) in [5.74, 6) is -0.500. The molecule has 0 amide bonds. The van der Waals surface area contributed by atoms with Crippen LogP contribution in [0.1, 0.15) is 17.3 Å². The van der Waals surface area contributed by atoms with E-state index >= 15 is 0 Å². The van der Waals surface area contributed by atoms with Crippen LogP contribution in [0.2, 0.25) is 0 Å². The molecule has 28 heavy (non-hydrogen) atoms. The van der Waals surface area contributed by atoms with Gasteiger partial charge in [0.05, 0.1) is 28.3 Å². The largest absolute Gasteiger partial charge is 0.494 e. The minimum absolute atomic E-state index is 0.0143. The Morgan fingerprint density at radius 2 is 1.89 bits per heavy atom. The number of pyridine rings is 1. The maximum atomic E-state index is 12.4. The number of aromatic nitrogens is 1. The molecule has 1 heterocycles. The van der Waals surface area contributed by atoms with E-state index in [1.807, 2.05) is 19.1 Å². The van der Waals surface area contributed by atoms with Crippen molar-refractivity contribution < 1.29 is 23.1 Å². The Morgan fingerprint density at radius 1 is 1.14 bits per heavy atom. The van der Waals surface area contributed by atoms with Crippen LogP contribution in [0.3, 0.4) is 0 Å². The summed E-state index contributed by atoms with van der Waals surface area (Å²) in [6.07, 6.45) is 0. The number of ether oxygens (including phenoxy) is 1. The molecule has 7 nitrogen and oxygen atoms in total. The van der Waals surface area contributed by atoms with Crippen molar-refractivity contribution in [1.82, 2.24) is 9.29 Å². The van der Waals surface area contributed by atoms with Gasteiger partial charge in [0.15, 0.2) is 0 Å². The molecule has 3 rings (SSSR count). The monoisotopic (exact) mass is 400 g/mol. The molecule has 1 N–H and O–H groups in total. The molecule has 0 radical (unpaired) electrons. The summed E-state index contributed by atoms with van der Waals surface area (Å²) in [5, 5.41) is 9.95. The summed E-state index contributed by atoms with van der Waals surface area (Å²) < 4.78 is 31.3. The summed E-state index contributed by atoms with van der Waals surface area (Å²) >= 11 is 0. The minimum Gasteiger partial charge on any atom is -0.494 e. The number of fused-ring (bicyclic) bond motifs is 1. The van der Waals surface area contributed by atoms with Gasteiger partial charge in [-0.3, -0.25) is 0 Å². The van der Waals surface area contributed by atoms with Gasteiger partial charge in [-0.25, -0.2) is 22.5 Å². The number of carboxylic acid groups (broad SMARTS) is 1. The summed E-state index contributed by atoms with van der Waals surface area (Å²) in [7, 11) is -0.847. The number of benzene rings is 2. The summed E-state index contributed by atoms with van der Waals surface area (Å²) in [6, 6.07) is 13.0. The number of sulfonamides is 1. The van der Waals surface area contributed by atoms with E-state index in [0.717, 1.165) is 4.31 Å². The quantitative estimate of drug-likeness (QED) is 0.682. The van der Waals surface area contributed by atoms with Crippen LogP contribution in [-0.2, 0) is 10.0 Å². The van der Waals surface area contributed by atoms with Crippen LogP contribution in [0, 0.1) is 0 Å². The van der Waals surface area contributed by atoms with Crippen molar-refractivity contribution >= 4 is 26.9 Å². The van der Waals surface area contributed by atoms with E-state index in [2.05, 4.69) is 4.98 Å². The first-order chi connectivity index (χ1) is 13.2. The molecule has 0 aliphatic rings. The molecule has 0 fully saturated rings. The van der Waals surface area contributed by atoms with Gasteiger partial charge in [-0.05, 0) is 43.3 Å². The molecule has 146 valence electrons. The van der Waals surface area contributed by atoms with E-state index in [9.17, 15) is 18.3 Å². The van der Waals surface area contributed by atoms with E-state index in [0.29, 0.717) is 29.1 Å². The first kappa shape index (κ1) is 19.8. The summed E-state index contributed by atoms with van der Waals surface area (Å²) in [6.45, 7) is 2.39. The topological polar surface area (TPSA) is 96.8 Å². The average Bonchev–Trinajstić information content (AvgIpc) is 2.66. The van der Waals surface area contributed by atoms with E-state index in [1.165, 1.54) is 38.4 Å². The van der Waals surface area contributed by atoms with Crippen LogP contribution in [0.4, 0.5) is 0 Å². The fraction of sp³-hybridized carbons (Fsp3) is 0.200. The Hall–Kier alpha value is -2.97. The Labute approximate surface area is 163 Å². The van der Waals surface area contributed by atoms with Gasteiger partial charge in [-0.2, -0.15) is 0 Å². The smallest absolute Gasteiger partial charge is 0.336 e. The molecular weight excluding hydrogens is 380 g/mol. The molecule has 0 aliphatic carbocycles. The van der Waals surface area contributed by atoms with Gasteiger partial charge in [0, 0.05) is 25.0 Å². The van der Waals surface area contributed by atoms with Crippen molar-refractivity contribution in [3.8, 4) is 17.0 Å². The van der Waals surface area contributed by atoms with E-state index in [1.54, 1.807) is 12.1 Å². The molecule has 0 unspecified atom stereocenters. The zero-order chi connectivity index (χ0) is 20.5. The highest BCUT2D eigenvalue weighted by molar-refractivity contribution is 7.89.